The summed E-state index contributed by atoms with van der Waals surface area (Å²) in [6.45, 7) is 1.95. The Kier molecular flexibility index (Phi) is 3.92. The van der Waals surface area contributed by atoms with Crippen molar-refractivity contribution in [3.8, 4) is 0 Å². The molecule has 1 aromatic rings. The molecule has 0 saturated carbocycles. The highest BCUT2D eigenvalue weighted by molar-refractivity contribution is 6.01. The van der Waals surface area contributed by atoms with Gasteiger partial charge in [0.25, 0.3) is 5.91 Å². The third-order valence-electron chi connectivity index (χ3n) is 2.89. The average Bonchev–Trinajstić information content (AvgIpc) is 2.64. The first kappa shape index (κ1) is 14.3. The Morgan fingerprint density at radius 2 is 1.90 bits per heavy atom. The van der Waals surface area contributed by atoms with Gasteiger partial charge in [0.05, 0.1) is 6.54 Å². The molecule has 0 aliphatic carbocycles. The van der Waals surface area contributed by atoms with Crippen LogP contribution in [-0.4, -0.2) is 35.8 Å². The Morgan fingerprint density at radius 3 is 2.50 bits per heavy atom. The minimum absolute atomic E-state index is 0.0700. The third kappa shape index (κ3) is 3.26. The number of allylic oxidation sites excluding steroid dienone is 1. The van der Waals surface area contributed by atoms with E-state index >= 15 is 0 Å². The number of carbonyl (C=O) groups excluding carboxylic acids is 1. The minimum Gasteiger partial charge on any atom is -0.313 e. The summed E-state index contributed by atoms with van der Waals surface area (Å²) in [5.74, 6) is -0.333. The number of rotatable bonds is 1. The van der Waals surface area contributed by atoms with Gasteiger partial charge in [-0.3, -0.25) is 9.79 Å². The largest absolute Gasteiger partial charge is 0.432 e. The highest BCUT2D eigenvalue weighted by Crippen LogP contribution is 2.20. The number of halogens is 3. The summed E-state index contributed by atoms with van der Waals surface area (Å²) in [6.07, 6.45) is -2.51. The number of hydrogen-bond donors (Lipinski definition) is 0. The summed E-state index contributed by atoms with van der Waals surface area (Å²) in [4.78, 5) is 16.9. The molecule has 0 aromatic heterocycles. The number of amides is 1. The van der Waals surface area contributed by atoms with E-state index in [2.05, 4.69) is 4.99 Å². The topological polar surface area (TPSA) is 32.7 Å². The lowest BCUT2D eigenvalue weighted by Gasteiger charge is -2.16. The van der Waals surface area contributed by atoms with E-state index in [0.717, 1.165) is 17.8 Å². The number of hydrogen-bond acceptors (Lipinski definition) is 2. The molecule has 6 heteroatoms. The van der Waals surface area contributed by atoms with Gasteiger partial charge in [0.1, 0.15) is 5.71 Å². The first-order valence-corrected chi connectivity index (χ1v) is 6.05. The monoisotopic (exact) mass is 282 g/mol. The fourth-order valence-corrected chi connectivity index (χ4v) is 1.78. The molecule has 0 saturated heterocycles. The SMILES string of the molecule is Cc1ccc(C(=O)N2C=CC(C(F)(F)F)=NCC2)cc1. The lowest BCUT2D eigenvalue weighted by Crippen LogP contribution is -2.27. The maximum absolute atomic E-state index is 12.5. The zero-order valence-electron chi connectivity index (χ0n) is 10.8. The fraction of sp³-hybridized carbons (Fsp3) is 0.286. The number of carbonyl (C=O) groups is 1. The molecular weight excluding hydrogens is 269 g/mol. The molecule has 1 amide bonds. The van der Waals surface area contributed by atoms with Gasteiger partial charge >= 0.3 is 6.18 Å². The van der Waals surface area contributed by atoms with Crippen molar-refractivity contribution in [3.05, 3.63) is 47.7 Å². The van der Waals surface area contributed by atoms with E-state index in [1.807, 2.05) is 6.92 Å². The van der Waals surface area contributed by atoms with E-state index in [0.29, 0.717) is 5.56 Å². The van der Waals surface area contributed by atoms with E-state index in [1.165, 1.54) is 4.90 Å². The molecule has 20 heavy (non-hydrogen) atoms. The van der Waals surface area contributed by atoms with Gasteiger partial charge in [-0.05, 0) is 25.1 Å². The normalized spacial score (nSPS) is 15.8. The van der Waals surface area contributed by atoms with E-state index in [4.69, 9.17) is 0 Å². The third-order valence-corrected chi connectivity index (χ3v) is 2.89. The van der Waals surface area contributed by atoms with Crippen LogP contribution in [0.25, 0.3) is 0 Å². The van der Waals surface area contributed by atoms with Crippen LogP contribution in [0.5, 0.6) is 0 Å². The van der Waals surface area contributed by atoms with Gasteiger partial charge < -0.3 is 4.90 Å². The quantitative estimate of drug-likeness (QED) is 0.779. The summed E-state index contributed by atoms with van der Waals surface area (Å²) >= 11 is 0. The number of aliphatic imine (C=N–C) groups is 1. The summed E-state index contributed by atoms with van der Waals surface area (Å²) in [7, 11) is 0. The molecule has 0 atom stereocenters. The second kappa shape index (κ2) is 5.48. The molecule has 1 aromatic carbocycles. The Balaban J connectivity index is 2.15. The van der Waals surface area contributed by atoms with Gasteiger partial charge in [0.15, 0.2) is 0 Å². The average molecular weight is 282 g/mol. The van der Waals surface area contributed by atoms with Crippen LogP contribution in [0, 0.1) is 6.92 Å². The lowest BCUT2D eigenvalue weighted by molar-refractivity contribution is -0.0578. The van der Waals surface area contributed by atoms with Gasteiger partial charge in [-0.25, -0.2) is 0 Å². The molecular formula is C14H13F3N2O. The maximum Gasteiger partial charge on any atom is 0.432 e. The Bertz CT molecular complexity index is 559. The van der Waals surface area contributed by atoms with Crippen LogP contribution in [0.2, 0.25) is 0 Å². The number of benzene rings is 1. The van der Waals surface area contributed by atoms with E-state index in [9.17, 15) is 18.0 Å². The molecule has 0 bridgehead atoms. The molecule has 0 fully saturated rings. The van der Waals surface area contributed by atoms with Gasteiger partial charge in [0.2, 0.25) is 0 Å². The Morgan fingerprint density at radius 1 is 1.25 bits per heavy atom. The van der Waals surface area contributed by atoms with Crippen molar-refractivity contribution in [2.45, 2.75) is 13.1 Å². The van der Waals surface area contributed by atoms with Gasteiger partial charge in [-0.1, -0.05) is 17.7 Å². The zero-order chi connectivity index (χ0) is 14.8. The number of alkyl halides is 3. The van der Waals surface area contributed by atoms with E-state index < -0.39 is 11.9 Å². The fourth-order valence-electron chi connectivity index (χ4n) is 1.78. The van der Waals surface area contributed by atoms with E-state index in [-0.39, 0.29) is 19.0 Å². The van der Waals surface area contributed by atoms with Crippen LogP contribution >= 0.6 is 0 Å². The first-order chi connectivity index (χ1) is 9.38. The minimum atomic E-state index is -4.49. The highest BCUT2D eigenvalue weighted by atomic mass is 19.4. The summed E-state index contributed by atoms with van der Waals surface area (Å²) in [5.41, 5.74) is 0.489. The lowest BCUT2D eigenvalue weighted by atomic mass is 10.1. The van der Waals surface area contributed by atoms with Crippen molar-refractivity contribution in [1.82, 2.24) is 4.90 Å². The predicted molar refractivity (Wildman–Crippen MR) is 69.7 cm³/mol. The molecule has 0 N–H and O–H groups in total. The van der Waals surface area contributed by atoms with Crippen molar-refractivity contribution in [2.75, 3.05) is 13.1 Å². The zero-order valence-corrected chi connectivity index (χ0v) is 10.8. The van der Waals surface area contributed by atoms with Crippen molar-refractivity contribution in [1.29, 1.82) is 0 Å². The molecule has 3 nitrogen and oxygen atoms in total. The molecule has 106 valence electrons. The predicted octanol–water partition coefficient (Wildman–Crippen LogP) is 2.97. The number of aryl methyl sites for hydroxylation is 1. The standard InChI is InChI=1S/C14H13F3N2O/c1-10-2-4-11(5-3-10)13(20)19-8-6-12(14(15,16)17)18-7-9-19/h2-6,8H,7,9H2,1H3. The molecule has 2 rings (SSSR count). The van der Waals surface area contributed by atoms with Crippen molar-refractivity contribution >= 4 is 11.6 Å². The van der Waals surface area contributed by atoms with Gasteiger partial charge in [-0.2, -0.15) is 13.2 Å². The summed E-state index contributed by atoms with van der Waals surface area (Å²) in [6, 6.07) is 6.88. The van der Waals surface area contributed by atoms with Crippen LogP contribution in [0.1, 0.15) is 15.9 Å². The van der Waals surface area contributed by atoms with Gasteiger partial charge in [-0.15, -0.1) is 0 Å². The smallest absolute Gasteiger partial charge is 0.313 e. The Hall–Kier alpha value is -2.11. The highest BCUT2D eigenvalue weighted by Gasteiger charge is 2.34. The second-order valence-corrected chi connectivity index (χ2v) is 4.45. The Labute approximate surface area is 114 Å². The van der Waals surface area contributed by atoms with Crippen LogP contribution in [0.3, 0.4) is 0 Å². The van der Waals surface area contributed by atoms with Crippen LogP contribution in [-0.2, 0) is 0 Å². The molecule has 1 aliphatic rings. The van der Waals surface area contributed by atoms with Crippen LogP contribution in [0.15, 0.2) is 41.5 Å². The number of nitrogens with zero attached hydrogens (tertiary/aromatic N) is 2. The molecule has 1 aliphatic heterocycles. The maximum atomic E-state index is 12.5. The molecule has 0 spiro atoms. The van der Waals surface area contributed by atoms with Crippen molar-refractivity contribution in [2.24, 2.45) is 4.99 Å². The van der Waals surface area contributed by atoms with Crippen molar-refractivity contribution < 1.29 is 18.0 Å². The molecule has 0 radical (unpaired) electrons. The summed E-state index contributed by atoms with van der Waals surface area (Å²) in [5, 5.41) is 0. The van der Waals surface area contributed by atoms with Crippen molar-refractivity contribution in [3.63, 3.8) is 0 Å². The molecule has 1 heterocycles. The molecule has 0 unspecified atom stereocenters. The second-order valence-electron chi connectivity index (χ2n) is 4.45. The van der Waals surface area contributed by atoms with Crippen LogP contribution < -0.4 is 0 Å². The van der Waals surface area contributed by atoms with E-state index in [1.54, 1.807) is 24.3 Å². The van der Waals surface area contributed by atoms with Gasteiger partial charge in [0, 0.05) is 18.3 Å². The van der Waals surface area contributed by atoms with Crippen LogP contribution in [0.4, 0.5) is 13.2 Å². The first-order valence-electron chi connectivity index (χ1n) is 6.05. The summed E-state index contributed by atoms with van der Waals surface area (Å²) < 4.78 is 37.6.